The van der Waals surface area contributed by atoms with E-state index in [1.165, 1.54) is 0 Å². The number of nitriles is 1. The quantitative estimate of drug-likeness (QED) is 0.589. The molecule has 0 aliphatic rings. The van der Waals surface area contributed by atoms with Crippen LogP contribution < -0.4 is 5.73 Å². The van der Waals surface area contributed by atoms with Gasteiger partial charge in [-0.25, -0.2) is 4.68 Å². The Morgan fingerprint density at radius 1 is 1.65 bits per heavy atom. The Hall–Kier alpha value is -2.36. The fourth-order valence-electron chi connectivity index (χ4n) is 1.13. The number of nitrogens with zero attached hydrogens (tertiary/aromatic N) is 4. The van der Waals surface area contributed by atoms with Gasteiger partial charge in [-0.1, -0.05) is 19.0 Å². The molecule has 0 aliphatic heterocycles. The van der Waals surface area contributed by atoms with Crippen LogP contribution in [0.25, 0.3) is 0 Å². The summed E-state index contributed by atoms with van der Waals surface area (Å²) in [5, 5.41) is 16.0. The molecule has 0 fully saturated rings. The molecule has 1 aromatic rings. The maximum absolute atomic E-state index is 10.8. The summed E-state index contributed by atoms with van der Waals surface area (Å²) in [6, 6.07) is 3.30. The van der Waals surface area contributed by atoms with Gasteiger partial charge in [0.1, 0.15) is 6.07 Å². The van der Waals surface area contributed by atoms with Crippen LogP contribution in [0.5, 0.6) is 0 Å². The second-order valence-corrected chi connectivity index (χ2v) is 3.64. The molecule has 1 amide bonds. The first-order valence-corrected chi connectivity index (χ1v) is 4.99. The zero-order chi connectivity index (χ0) is 12.8. The predicted octanol–water partition coefficient (Wildman–Crippen LogP) is 0.419. The summed E-state index contributed by atoms with van der Waals surface area (Å²) in [6.07, 6.45) is 2.81. The number of carbonyl (C=O) groups excluding carboxylic acids is 1. The van der Waals surface area contributed by atoms with Gasteiger partial charge in [-0.3, -0.25) is 4.79 Å². The van der Waals surface area contributed by atoms with Gasteiger partial charge >= 0.3 is 0 Å². The summed E-state index contributed by atoms with van der Waals surface area (Å²) in [5.41, 5.74) is 4.46. The number of nitrogens with two attached hydrogens (primary N) is 1. The number of carbonyl (C=O) groups is 1. The molecule has 1 unspecified atom stereocenters. The molecule has 7 nitrogen and oxygen atoms in total. The van der Waals surface area contributed by atoms with E-state index in [0.717, 1.165) is 0 Å². The Morgan fingerprint density at radius 3 is 2.76 bits per heavy atom. The molecule has 1 heterocycles. The first-order chi connectivity index (χ1) is 8.06. The van der Waals surface area contributed by atoms with Crippen LogP contribution >= 0.6 is 0 Å². The number of rotatable bonds is 5. The van der Waals surface area contributed by atoms with Crippen molar-refractivity contribution in [3.63, 3.8) is 0 Å². The van der Waals surface area contributed by atoms with Crippen LogP contribution in [0.2, 0.25) is 0 Å². The maximum atomic E-state index is 10.8. The van der Waals surface area contributed by atoms with Gasteiger partial charge in [0, 0.05) is 18.3 Å². The van der Waals surface area contributed by atoms with Gasteiger partial charge in [-0.15, -0.1) is 0 Å². The normalized spacial score (nSPS) is 13.2. The van der Waals surface area contributed by atoms with Crippen LogP contribution in [0.3, 0.4) is 0 Å². The molecule has 7 heteroatoms. The van der Waals surface area contributed by atoms with E-state index < -0.39 is 17.8 Å². The van der Waals surface area contributed by atoms with Crippen molar-refractivity contribution in [2.24, 2.45) is 16.8 Å². The molecule has 1 rings (SSSR count). The van der Waals surface area contributed by atoms with E-state index in [2.05, 4.69) is 10.3 Å². The van der Waals surface area contributed by atoms with Crippen molar-refractivity contribution in [2.75, 3.05) is 0 Å². The minimum absolute atomic E-state index is 0.0615. The lowest BCUT2D eigenvalue weighted by molar-refractivity contribution is -0.112. The third kappa shape index (κ3) is 3.31. The molecular formula is C10H13N5O2. The van der Waals surface area contributed by atoms with E-state index in [1.54, 1.807) is 29.2 Å². The second-order valence-electron chi connectivity index (χ2n) is 3.64. The maximum Gasteiger partial charge on any atom is 0.281 e. The topological polar surface area (TPSA) is 106 Å². The Kier molecular flexibility index (Phi) is 4.22. The van der Waals surface area contributed by atoms with Gasteiger partial charge < -0.3 is 10.6 Å². The highest BCUT2D eigenvalue weighted by atomic mass is 16.7. The summed E-state index contributed by atoms with van der Waals surface area (Å²) in [7, 11) is 0. The molecule has 0 saturated heterocycles. The number of aromatic nitrogens is 2. The lowest BCUT2D eigenvalue weighted by atomic mass is 10.2. The lowest BCUT2D eigenvalue weighted by Crippen LogP contribution is -2.24. The van der Waals surface area contributed by atoms with Gasteiger partial charge in [0.05, 0.1) is 0 Å². The summed E-state index contributed by atoms with van der Waals surface area (Å²) in [5.74, 6) is -0.859. The van der Waals surface area contributed by atoms with Crippen LogP contribution in [0.15, 0.2) is 23.6 Å². The fourth-order valence-corrected chi connectivity index (χ4v) is 1.13. The molecule has 0 spiro atoms. The second kappa shape index (κ2) is 5.65. The molecule has 90 valence electrons. The standard InChI is InChI=1S/C10H13N5O2/c1-7(2)10(15-5-3-4-13-15)17-14-8(6-11)9(12)16/h3-5,7,10H,1-2H3,(H2,12,16). The highest BCUT2D eigenvalue weighted by molar-refractivity contribution is 6.44. The van der Waals surface area contributed by atoms with Gasteiger partial charge in [-0.05, 0) is 6.07 Å². The Labute approximate surface area is 98.5 Å². The molecular weight excluding hydrogens is 222 g/mol. The zero-order valence-electron chi connectivity index (χ0n) is 9.57. The van der Waals surface area contributed by atoms with Crippen molar-refractivity contribution in [2.45, 2.75) is 20.1 Å². The van der Waals surface area contributed by atoms with Crippen LogP contribution in [-0.2, 0) is 9.63 Å². The third-order valence-corrected chi connectivity index (χ3v) is 1.95. The highest BCUT2D eigenvalue weighted by Gasteiger charge is 2.18. The van der Waals surface area contributed by atoms with Crippen molar-refractivity contribution in [3.05, 3.63) is 18.5 Å². The fraction of sp³-hybridized carbons (Fsp3) is 0.400. The van der Waals surface area contributed by atoms with Crippen LogP contribution in [-0.4, -0.2) is 21.4 Å². The predicted molar refractivity (Wildman–Crippen MR) is 59.4 cm³/mol. The average Bonchev–Trinajstić information content (AvgIpc) is 2.76. The van der Waals surface area contributed by atoms with Crippen LogP contribution in [0, 0.1) is 17.2 Å². The van der Waals surface area contributed by atoms with E-state index in [-0.39, 0.29) is 5.92 Å². The minimum Gasteiger partial charge on any atom is -0.367 e. The van der Waals surface area contributed by atoms with Crippen molar-refractivity contribution < 1.29 is 9.63 Å². The highest BCUT2D eigenvalue weighted by Crippen LogP contribution is 2.18. The van der Waals surface area contributed by atoms with Crippen molar-refractivity contribution in [1.29, 1.82) is 5.26 Å². The van der Waals surface area contributed by atoms with Gasteiger partial charge in [0.25, 0.3) is 5.91 Å². The van der Waals surface area contributed by atoms with Gasteiger partial charge in [0.15, 0.2) is 0 Å². The van der Waals surface area contributed by atoms with Crippen molar-refractivity contribution in [3.8, 4) is 6.07 Å². The summed E-state index contributed by atoms with van der Waals surface area (Å²) < 4.78 is 1.55. The van der Waals surface area contributed by atoms with E-state index in [4.69, 9.17) is 15.8 Å². The molecule has 0 radical (unpaired) electrons. The molecule has 0 aromatic carbocycles. The first-order valence-electron chi connectivity index (χ1n) is 4.99. The number of amides is 1. The van der Waals surface area contributed by atoms with E-state index >= 15 is 0 Å². The first kappa shape index (κ1) is 12.7. The number of primary amides is 1. The molecule has 2 N–H and O–H groups in total. The van der Waals surface area contributed by atoms with Gasteiger partial charge in [0.2, 0.25) is 11.9 Å². The number of hydrogen-bond donors (Lipinski definition) is 1. The Morgan fingerprint density at radius 2 is 2.35 bits per heavy atom. The summed E-state index contributed by atoms with van der Waals surface area (Å²) >= 11 is 0. The van der Waals surface area contributed by atoms with Crippen molar-refractivity contribution >= 4 is 11.6 Å². The molecule has 0 bridgehead atoms. The Balaban J connectivity index is 2.83. The van der Waals surface area contributed by atoms with E-state index in [9.17, 15) is 4.79 Å². The number of oxime groups is 1. The van der Waals surface area contributed by atoms with Gasteiger partial charge in [-0.2, -0.15) is 10.4 Å². The summed E-state index contributed by atoms with van der Waals surface area (Å²) in [4.78, 5) is 15.9. The van der Waals surface area contributed by atoms with Crippen LogP contribution in [0.4, 0.5) is 0 Å². The molecule has 1 aromatic heterocycles. The zero-order valence-corrected chi connectivity index (χ0v) is 9.57. The largest absolute Gasteiger partial charge is 0.367 e. The lowest BCUT2D eigenvalue weighted by Gasteiger charge is -2.18. The smallest absolute Gasteiger partial charge is 0.281 e. The van der Waals surface area contributed by atoms with E-state index in [1.807, 2.05) is 13.8 Å². The van der Waals surface area contributed by atoms with E-state index in [0.29, 0.717) is 0 Å². The minimum atomic E-state index is -0.921. The SMILES string of the molecule is CC(C)C(ON=C(C#N)C(N)=O)n1cccn1. The van der Waals surface area contributed by atoms with Crippen LogP contribution in [0.1, 0.15) is 20.1 Å². The molecule has 17 heavy (non-hydrogen) atoms. The monoisotopic (exact) mass is 235 g/mol. The number of hydrogen-bond acceptors (Lipinski definition) is 5. The summed E-state index contributed by atoms with van der Waals surface area (Å²) in [6.45, 7) is 3.80. The molecule has 0 aliphatic carbocycles. The molecule has 1 atom stereocenters. The van der Waals surface area contributed by atoms with Crippen molar-refractivity contribution in [1.82, 2.24) is 9.78 Å². The molecule has 0 saturated carbocycles. The Bertz CT molecular complexity index is 444. The average molecular weight is 235 g/mol. The third-order valence-electron chi connectivity index (χ3n) is 1.95.